The van der Waals surface area contributed by atoms with Crippen molar-refractivity contribution in [1.82, 2.24) is 18.7 Å². The van der Waals surface area contributed by atoms with Gasteiger partial charge in [-0.1, -0.05) is 18.2 Å². The van der Waals surface area contributed by atoms with E-state index in [9.17, 15) is 18.4 Å². The molecule has 0 fully saturated rings. The van der Waals surface area contributed by atoms with Crippen molar-refractivity contribution in [2.45, 2.75) is 13.1 Å². The fraction of sp³-hybridized carbons (Fsp3) is 0.0952. The lowest BCUT2D eigenvalue weighted by molar-refractivity contribution is 0.626. The number of rotatable bonds is 5. The Bertz CT molecular complexity index is 1320. The molecule has 0 N–H and O–H groups in total. The minimum Gasteiger partial charge on any atom is -0.320 e. The van der Waals surface area contributed by atoms with E-state index in [0.29, 0.717) is 5.69 Å². The predicted octanol–water partition coefficient (Wildman–Crippen LogP) is 2.86. The summed E-state index contributed by atoms with van der Waals surface area (Å²) in [7, 11) is 0. The molecule has 29 heavy (non-hydrogen) atoms. The molecule has 0 radical (unpaired) electrons. The van der Waals surface area contributed by atoms with Crippen LogP contribution in [0.2, 0.25) is 0 Å². The van der Waals surface area contributed by atoms with Crippen LogP contribution >= 0.6 is 0 Å². The first kappa shape index (κ1) is 18.5. The maximum Gasteiger partial charge on any atom is 0.337 e. The Hall–Kier alpha value is -3.81. The van der Waals surface area contributed by atoms with Gasteiger partial charge < -0.3 is 4.57 Å². The predicted molar refractivity (Wildman–Crippen MR) is 105 cm³/mol. The van der Waals surface area contributed by atoms with Crippen LogP contribution in [-0.4, -0.2) is 18.7 Å². The Morgan fingerprint density at radius 3 is 2.21 bits per heavy atom. The molecule has 4 rings (SSSR count). The number of aromatic nitrogens is 4. The second kappa shape index (κ2) is 7.31. The van der Waals surface area contributed by atoms with Crippen molar-refractivity contribution in [2.24, 2.45) is 0 Å². The fourth-order valence-electron chi connectivity index (χ4n) is 3.20. The lowest BCUT2D eigenvalue weighted by atomic mass is 10.2. The number of fused-ring (bicyclic) bond motifs is 1. The normalized spacial score (nSPS) is 11.1. The molecule has 0 aliphatic carbocycles. The van der Waals surface area contributed by atoms with Crippen molar-refractivity contribution in [3.05, 3.63) is 106 Å². The monoisotopic (exact) mass is 394 g/mol. The van der Waals surface area contributed by atoms with Crippen LogP contribution in [0.3, 0.4) is 0 Å². The summed E-state index contributed by atoms with van der Waals surface area (Å²) < 4.78 is 30.4. The standard InChI is InChI=1S/C21H16F2N4O2/c1-2-11-26-20(28)18-19(27(21(26)29)17-9-7-16(23)8-10-17)24-13-25(18)12-14-3-5-15(22)6-4-14/h2-10,13H,1,11-12H2. The third kappa shape index (κ3) is 3.29. The number of hydrogen-bond acceptors (Lipinski definition) is 3. The van der Waals surface area contributed by atoms with Crippen LogP contribution in [-0.2, 0) is 13.1 Å². The van der Waals surface area contributed by atoms with E-state index in [1.807, 2.05) is 0 Å². The van der Waals surface area contributed by atoms with Gasteiger partial charge in [-0.15, -0.1) is 6.58 Å². The molecule has 0 spiro atoms. The summed E-state index contributed by atoms with van der Waals surface area (Å²) in [5.41, 5.74) is 0.407. The quantitative estimate of drug-likeness (QED) is 0.489. The zero-order valence-electron chi connectivity index (χ0n) is 15.3. The van der Waals surface area contributed by atoms with E-state index < -0.39 is 17.1 Å². The van der Waals surface area contributed by atoms with E-state index in [4.69, 9.17) is 0 Å². The molecular weight excluding hydrogens is 378 g/mol. The van der Waals surface area contributed by atoms with Gasteiger partial charge in [-0.05, 0) is 42.0 Å². The molecule has 0 atom stereocenters. The van der Waals surface area contributed by atoms with Crippen LogP contribution in [0.5, 0.6) is 0 Å². The minimum atomic E-state index is -0.596. The summed E-state index contributed by atoms with van der Waals surface area (Å²) in [6, 6.07) is 11.2. The van der Waals surface area contributed by atoms with Crippen molar-refractivity contribution in [1.29, 1.82) is 0 Å². The smallest absolute Gasteiger partial charge is 0.320 e. The first-order valence-corrected chi connectivity index (χ1v) is 8.81. The average molecular weight is 394 g/mol. The molecule has 0 unspecified atom stereocenters. The van der Waals surface area contributed by atoms with Crippen molar-refractivity contribution in [3.63, 3.8) is 0 Å². The third-order valence-electron chi connectivity index (χ3n) is 4.56. The van der Waals surface area contributed by atoms with Crippen molar-refractivity contribution >= 4 is 11.2 Å². The Morgan fingerprint density at radius 2 is 1.59 bits per heavy atom. The Morgan fingerprint density at radius 1 is 0.966 bits per heavy atom. The zero-order valence-corrected chi connectivity index (χ0v) is 15.3. The van der Waals surface area contributed by atoms with E-state index in [2.05, 4.69) is 11.6 Å². The summed E-state index contributed by atoms with van der Waals surface area (Å²) in [6.07, 6.45) is 2.90. The highest BCUT2D eigenvalue weighted by Gasteiger charge is 2.19. The van der Waals surface area contributed by atoms with Gasteiger partial charge in [0.05, 0.1) is 12.0 Å². The molecular formula is C21H16F2N4O2. The van der Waals surface area contributed by atoms with E-state index in [1.165, 1.54) is 53.4 Å². The Kier molecular flexibility index (Phi) is 4.67. The largest absolute Gasteiger partial charge is 0.337 e. The molecule has 0 amide bonds. The molecule has 0 saturated heterocycles. The molecule has 2 aromatic carbocycles. The number of imidazole rings is 1. The van der Waals surface area contributed by atoms with Gasteiger partial charge >= 0.3 is 5.69 Å². The summed E-state index contributed by atoms with van der Waals surface area (Å²) in [5.74, 6) is -0.804. The molecule has 0 bridgehead atoms. The second-order valence-corrected chi connectivity index (χ2v) is 6.47. The lowest BCUT2D eigenvalue weighted by Gasteiger charge is -2.12. The van der Waals surface area contributed by atoms with Gasteiger partial charge in [-0.2, -0.15) is 0 Å². The first-order chi connectivity index (χ1) is 14.0. The van der Waals surface area contributed by atoms with Crippen LogP contribution in [0.4, 0.5) is 8.78 Å². The molecule has 2 heterocycles. The van der Waals surface area contributed by atoms with Crippen LogP contribution < -0.4 is 11.2 Å². The average Bonchev–Trinajstić information content (AvgIpc) is 3.12. The Balaban J connectivity index is 1.98. The number of nitrogens with zero attached hydrogens (tertiary/aromatic N) is 4. The fourth-order valence-corrected chi connectivity index (χ4v) is 3.20. The number of halogens is 2. The van der Waals surface area contributed by atoms with Crippen LogP contribution in [0.1, 0.15) is 5.56 Å². The first-order valence-electron chi connectivity index (χ1n) is 8.81. The number of allylic oxidation sites excluding steroid dienone is 1. The molecule has 2 aromatic heterocycles. The van der Waals surface area contributed by atoms with Gasteiger partial charge in [-0.25, -0.2) is 23.1 Å². The van der Waals surface area contributed by atoms with Crippen LogP contribution in [0.15, 0.2) is 77.1 Å². The number of hydrogen-bond donors (Lipinski definition) is 0. The molecule has 0 aliphatic heterocycles. The van der Waals surface area contributed by atoms with Gasteiger partial charge in [0.2, 0.25) is 0 Å². The van der Waals surface area contributed by atoms with Gasteiger partial charge in [0.25, 0.3) is 5.56 Å². The summed E-state index contributed by atoms with van der Waals surface area (Å²) in [5, 5.41) is 0. The second-order valence-electron chi connectivity index (χ2n) is 6.47. The zero-order chi connectivity index (χ0) is 20.5. The van der Waals surface area contributed by atoms with Gasteiger partial charge in [0.15, 0.2) is 11.2 Å². The maximum atomic E-state index is 13.4. The third-order valence-corrected chi connectivity index (χ3v) is 4.56. The SMILES string of the molecule is C=CCn1c(=O)c2c(ncn2Cc2ccc(F)cc2)n(-c2ccc(F)cc2)c1=O. The minimum absolute atomic E-state index is 0.0104. The molecule has 146 valence electrons. The highest BCUT2D eigenvalue weighted by molar-refractivity contribution is 5.72. The number of benzene rings is 2. The van der Waals surface area contributed by atoms with Crippen molar-refractivity contribution in [3.8, 4) is 5.69 Å². The van der Waals surface area contributed by atoms with Gasteiger partial charge in [0, 0.05) is 13.1 Å². The van der Waals surface area contributed by atoms with E-state index >= 15 is 0 Å². The van der Waals surface area contributed by atoms with E-state index in [1.54, 1.807) is 16.7 Å². The lowest BCUT2D eigenvalue weighted by Crippen LogP contribution is -2.39. The highest BCUT2D eigenvalue weighted by Crippen LogP contribution is 2.15. The summed E-state index contributed by atoms with van der Waals surface area (Å²) >= 11 is 0. The molecule has 0 saturated carbocycles. The molecule has 0 aliphatic rings. The molecule has 4 aromatic rings. The van der Waals surface area contributed by atoms with Crippen molar-refractivity contribution < 1.29 is 8.78 Å². The van der Waals surface area contributed by atoms with Gasteiger partial charge in [-0.3, -0.25) is 9.36 Å². The summed E-state index contributed by atoms with van der Waals surface area (Å²) in [4.78, 5) is 30.3. The van der Waals surface area contributed by atoms with Crippen LogP contribution in [0.25, 0.3) is 16.9 Å². The summed E-state index contributed by atoms with van der Waals surface area (Å²) in [6.45, 7) is 3.88. The molecule has 6 nitrogen and oxygen atoms in total. The van der Waals surface area contributed by atoms with Gasteiger partial charge in [0.1, 0.15) is 11.6 Å². The maximum absolute atomic E-state index is 13.4. The highest BCUT2D eigenvalue weighted by atomic mass is 19.1. The Labute approximate surface area is 163 Å². The topological polar surface area (TPSA) is 61.8 Å². The molecule has 8 heteroatoms. The van der Waals surface area contributed by atoms with E-state index in [0.717, 1.165) is 10.1 Å². The van der Waals surface area contributed by atoms with Crippen LogP contribution in [0, 0.1) is 11.6 Å². The van der Waals surface area contributed by atoms with Crippen molar-refractivity contribution in [2.75, 3.05) is 0 Å². The van der Waals surface area contributed by atoms with E-state index in [-0.39, 0.29) is 30.1 Å².